The number of H-pyrrole nitrogens is 1. The molecular weight excluding hydrogens is 360 g/mol. The third-order valence-corrected chi connectivity index (χ3v) is 4.74. The van der Waals surface area contributed by atoms with Gasteiger partial charge in [0.25, 0.3) is 5.56 Å². The van der Waals surface area contributed by atoms with E-state index in [1.807, 2.05) is 31.2 Å². The first-order chi connectivity index (χ1) is 13.5. The molecule has 2 heterocycles. The molecule has 28 heavy (non-hydrogen) atoms. The van der Waals surface area contributed by atoms with E-state index >= 15 is 0 Å². The highest BCUT2D eigenvalue weighted by Gasteiger charge is 2.13. The molecule has 0 unspecified atom stereocenters. The lowest BCUT2D eigenvalue weighted by Gasteiger charge is -2.12. The normalized spacial score (nSPS) is 11.4. The number of hydrogen-bond acceptors (Lipinski definition) is 5. The second-order valence-electron chi connectivity index (χ2n) is 6.29. The van der Waals surface area contributed by atoms with E-state index in [4.69, 9.17) is 9.47 Å². The first kappa shape index (κ1) is 19.5. The molecule has 0 saturated carbocycles. The minimum absolute atomic E-state index is 0.310. The molecule has 0 aliphatic heterocycles. The molecule has 148 valence electrons. The quantitative estimate of drug-likeness (QED) is 0.675. The molecule has 0 fully saturated rings. The number of nitrogens with zero attached hydrogens (tertiary/aromatic N) is 3. The first-order valence-electron chi connectivity index (χ1n) is 9.08. The number of aryl methyl sites for hydroxylation is 1. The van der Waals surface area contributed by atoms with Crippen LogP contribution in [-0.4, -0.2) is 33.3 Å². The van der Waals surface area contributed by atoms with Crippen molar-refractivity contribution in [2.24, 2.45) is 0 Å². The van der Waals surface area contributed by atoms with Crippen LogP contribution in [0.1, 0.15) is 24.5 Å². The number of imidazole rings is 1. The van der Waals surface area contributed by atoms with Crippen LogP contribution in [0.15, 0.2) is 34.1 Å². The van der Waals surface area contributed by atoms with Crippen LogP contribution >= 0.6 is 0 Å². The van der Waals surface area contributed by atoms with Crippen molar-refractivity contribution in [1.29, 1.82) is 0 Å². The molecule has 8 heteroatoms. The number of rotatable bonds is 7. The second-order valence-corrected chi connectivity index (χ2v) is 6.29. The van der Waals surface area contributed by atoms with Gasteiger partial charge in [-0.25, -0.2) is 9.78 Å². The van der Waals surface area contributed by atoms with Gasteiger partial charge in [0.05, 0.1) is 20.5 Å². The maximum atomic E-state index is 12.6. The fourth-order valence-electron chi connectivity index (χ4n) is 3.32. The van der Waals surface area contributed by atoms with Crippen molar-refractivity contribution in [3.8, 4) is 11.5 Å². The molecule has 0 saturated heterocycles. The van der Waals surface area contributed by atoms with Crippen LogP contribution in [0, 0.1) is 6.92 Å². The summed E-state index contributed by atoms with van der Waals surface area (Å²) in [6, 6.07) is 3.82. The topological polar surface area (TPSA) is 91.1 Å². The Labute approximate surface area is 162 Å². The van der Waals surface area contributed by atoms with Crippen molar-refractivity contribution in [3.63, 3.8) is 0 Å². The van der Waals surface area contributed by atoms with Gasteiger partial charge in [-0.2, -0.15) is 0 Å². The Bertz CT molecular complexity index is 1140. The molecule has 0 amide bonds. The number of hydrogen-bond donors (Lipinski definition) is 1. The van der Waals surface area contributed by atoms with E-state index in [9.17, 15) is 9.59 Å². The molecule has 8 nitrogen and oxygen atoms in total. The fraction of sp³-hybridized carbons (Fsp3) is 0.350. The summed E-state index contributed by atoms with van der Waals surface area (Å²) < 4.78 is 13.6. The zero-order chi connectivity index (χ0) is 20.3. The molecule has 1 N–H and O–H groups in total. The van der Waals surface area contributed by atoms with E-state index in [2.05, 4.69) is 9.97 Å². The predicted molar refractivity (Wildman–Crippen MR) is 108 cm³/mol. The lowest BCUT2D eigenvalue weighted by atomic mass is 10.1. The fourth-order valence-corrected chi connectivity index (χ4v) is 3.32. The molecule has 3 aromatic rings. The van der Waals surface area contributed by atoms with Crippen molar-refractivity contribution in [2.75, 3.05) is 14.2 Å². The molecule has 0 radical (unpaired) electrons. The average Bonchev–Trinajstić information content (AvgIpc) is 3.18. The zero-order valence-corrected chi connectivity index (χ0v) is 16.5. The van der Waals surface area contributed by atoms with Gasteiger partial charge in [-0.05, 0) is 32.4 Å². The van der Waals surface area contributed by atoms with Gasteiger partial charge < -0.3 is 14.5 Å². The van der Waals surface area contributed by atoms with Crippen LogP contribution in [0.25, 0.3) is 17.2 Å². The molecular formula is C20H24N4O4. The van der Waals surface area contributed by atoms with E-state index in [1.165, 1.54) is 15.5 Å². The number of allylic oxidation sites excluding steroid dienone is 1. The Morgan fingerprint density at radius 3 is 2.64 bits per heavy atom. The Morgan fingerprint density at radius 1 is 1.18 bits per heavy atom. The number of aromatic nitrogens is 4. The zero-order valence-electron chi connectivity index (χ0n) is 16.5. The smallest absolute Gasteiger partial charge is 0.332 e. The molecule has 2 aromatic heterocycles. The third-order valence-electron chi connectivity index (χ3n) is 4.74. The van der Waals surface area contributed by atoms with Gasteiger partial charge >= 0.3 is 5.69 Å². The number of fused-ring (bicyclic) bond motifs is 1. The van der Waals surface area contributed by atoms with E-state index in [1.54, 1.807) is 21.1 Å². The van der Waals surface area contributed by atoms with E-state index in [-0.39, 0.29) is 11.2 Å². The monoisotopic (exact) mass is 384 g/mol. The summed E-state index contributed by atoms with van der Waals surface area (Å²) in [5.74, 6) is 1.52. The highest BCUT2D eigenvalue weighted by Crippen LogP contribution is 2.32. The average molecular weight is 384 g/mol. The van der Waals surface area contributed by atoms with Crippen LogP contribution in [0.5, 0.6) is 11.5 Å². The third kappa shape index (κ3) is 3.33. The van der Waals surface area contributed by atoms with Crippen molar-refractivity contribution in [1.82, 2.24) is 19.1 Å². The summed E-state index contributed by atoms with van der Waals surface area (Å²) >= 11 is 0. The van der Waals surface area contributed by atoms with Crippen molar-refractivity contribution in [2.45, 2.75) is 33.4 Å². The molecule has 0 aliphatic rings. The van der Waals surface area contributed by atoms with Gasteiger partial charge in [0.15, 0.2) is 5.65 Å². The molecule has 1 aromatic carbocycles. The Kier molecular flexibility index (Phi) is 5.67. The minimum atomic E-state index is -0.349. The van der Waals surface area contributed by atoms with E-state index in [0.29, 0.717) is 30.7 Å². The number of ether oxygens (including phenoxy) is 2. The number of aromatic amines is 1. The van der Waals surface area contributed by atoms with Gasteiger partial charge in [0.1, 0.15) is 17.0 Å². The summed E-state index contributed by atoms with van der Waals surface area (Å²) in [6.45, 7) is 4.43. The Hall–Kier alpha value is -3.29. The molecule has 0 spiro atoms. The van der Waals surface area contributed by atoms with Crippen molar-refractivity contribution >= 4 is 17.2 Å². The number of nitrogens with one attached hydrogen (secondary N) is 1. The molecule has 3 rings (SSSR count). The van der Waals surface area contributed by atoms with Gasteiger partial charge in [-0.15, -0.1) is 0 Å². The lowest BCUT2D eigenvalue weighted by Crippen LogP contribution is -2.39. The maximum Gasteiger partial charge on any atom is 0.332 e. The van der Waals surface area contributed by atoms with Gasteiger partial charge in [0.2, 0.25) is 0 Å². The van der Waals surface area contributed by atoms with Crippen molar-refractivity contribution < 1.29 is 9.47 Å². The van der Waals surface area contributed by atoms with Crippen LogP contribution in [0.3, 0.4) is 0 Å². The van der Waals surface area contributed by atoms with Gasteiger partial charge in [-0.3, -0.25) is 13.9 Å². The molecule has 0 atom stereocenters. The highest BCUT2D eigenvalue weighted by atomic mass is 16.5. The maximum absolute atomic E-state index is 12.6. The largest absolute Gasteiger partial charge is 0.496 e. The standard InChI is InChI=1S/C20H24N4O4/c1-5-23-19(25)16-18(22-12-21-16)24(20(23)26)11-7-6-8-14-9-10-15(27-3)13(2)17(14)28-4/h6,8-10,12H,5,7,11H2,1-4H3,(H,21,22). The van der Waals surface area contributed by atoms with Crippen LogP contribution in [0.4, 0.5) is 0 Å². The lowest BCUT2D eigenvalue weighted by molar-refractivity contribution is 0.388. The second kappa shape index (κ2) is 8.16. The molecule has 0 bridgehead atoms. The van der Waals surface area contributed by atoms with E-state index < -0.39 is 0 Å². The first-order valence-corrected chi connectivity index (χ1v) is 9.08. The molecule has 0 aliphatic carbocycles. The van der Waals surface area contributed by atoms with Crippen LogP contribution < -0.4 is 20.7 Å². The van der Waals surface area contributed by atoms with Crippen molar-refractivity contribution in [3.05, 3.63) is 56.5 Å². The highest BCUT2D eigenvalue weighted by molar-refractivity contribution is 5.68. The van der Waals surface area contributed by atoms with Gasteiger partial charge in [0, 0.05) is 24.2 Å². The van der Waals surface area contributed by atoms with Gasteiger partial charge in [-0.1, -0.05) is 12.2 Å². The summed E-state index contributed by atoms with van der Waals surface area (Å²) in [5.41, 5.74) is 1.89. The Morgan fingerprint density at radius 2 is 1.96 bits per heavy atom. The summed E-state index contributed by atoms with van der Waals surface area (Å²) in [7, 11) is 3.25. The Balaban J connectivity index is 1.87. The van der Waals surface area contributed by atoms with Crippen LogP contribution in [0.2, 0.25) is 0 Å². The summed E-state index contributed by atoms with van der Waals surface area (Å²) in [5, 5.41) is 0. The summed E-state index contributed by atoms with van der Waals surface area (Å²) in [6.07, 6.45) is 5.95. The van der Waals surface area contributed by atoms with Crippen LogP contribution in [-0.2, 0) is 13.1 Å². The SMILES string of the molecule is CCn1c(=O)c2[nH]cnc2n(CCC=Cc2ccc(OC)c(C)c2OC)c1=O. The van der Waals surface area contributed by atoms with E-state index in [0.717, 1.165) is 22.6 Å². The summed E-state index contributed by atoms with van der Waals surface area (Å²) in [4.78, 5) is 31.9. The number of methoxy groups -OCH3 is 2. The number of benzene rings is 1. The predicted octanol–water partition coefficient (Wildman–Crippen LogP) is 2.34. The minimum Gasteiger partial charge on any atom is -0.496 e.